The summed E-state index contributed by atoms with van der Waals surface area (Å²) in [4.78, 5) is 40.0. The van der Waals surface area contributed by atoms with Gasteiger partial charge in [0.15, 0.2) is 0 Å². The quantitative estimate of drug-likeness (QED) is 0.270. The van der Waals surface area contributed by atoms with Crippen molar-refractivity contribution in [1.29, 1.82) is 0 Å². The molecule has 2 aliphatic heterocycles. The van der Waals surface area contributed by atoms with Crippen molar-refractivity contribution < 1.29 is 23.2 Å². The first-order valence-electron chi connectivity index (χ1n) is 15.2. The van der Waals surface area contributed by atoms with E-state index in [1.54, 1.807) is 52.2 Å². The highest BCUT2D eigenvalue weighted by molar-refractivity contribution is 5.98. The first-order chi connectivity index (χ1) is 21.4. The van der Waals surface area contributed by atoms with Crippen LogP contribution in [0.15, 0.2) is 48.8 Å². The van der Waals surface area contributed by atoms with Crippen LogP contribution in [-0.4, -0.2) is 62.1 Å². The molecule has 214 valence electrons. The second kappa shape index (κ2) is 10.5. The Hall–Kier alpha value is -4.91. The Labute approximate surface area is 248 Å². The summed E-state index contributed by atoms with van der Waals surface area (Å²) in [6.07, 6.45) is 3.14. The predicted octanol–water partition coefficient (Wildman–Crippen LogP) is 4.89. The average Bonchev–Trinajstić information content (AvgIpc) is 3.47. The number of carbonyl (C=O) groups excluding carboxylic acids is 2. The van der Waals surface area contributed by atoms with Crippen LogP contribution in [0.5, 0.6) is 6.01 Å². The Kier molecular flexibility index (Phi) is 5.93. The summed E-state index contributed by atoms with van der Waals surface area (Å²) in [5.41, 5.74) is 4.20. The molecule has 2 aromatic heterocycles. The normalized spacial score (nSPS) is 18.5. The molecule has 10 nitrogen and oxygen atoms in total. The van der Waals surface area contributed by atoms with Gasteiger partial charge in [0.2, 0.25) is 0 Å². The lowest BCUT2D eigenvalue weighted by Gasteiger charge is -2.24. The van der Waals surface area contributed by atoms with Crippen molar-refractivity contribution in [3.05, 3.63) is 71.3 Å². The second-order valence-electron chi connectivity index (χ2n) is 11.2. The van der Waals surface area contributed by atoms with Gasteiger partial charge in [-0.3, -0.25) is 4.79 Å². The van der Waals surface area contributed by atoms with Crippen LogP contribution in [0.3, 0.4) is 0 Å². The van der Waals surface area contributed by atoms with Crippen molar-refractivity contribution in [2.75, 3.05) is 20.1 Å². The molecule has 1 N–H and O–H groups in total. The summed E-state index contributed by atoms with van der Waals surface area (Å²) in [6.45, 7) is 4.82. The average molecular weight is 568 g/mol. The van der Waals surface area contributed by atoms with E-state index in [2.05, 4.69) is 27.1 Å². The van der Waals surface area contributed by atoms with E-state index >= 15 is 0 Å². The maximum absolute atomic E-state index is 13.7. The minimum Gasteiger partial charge on any atom is -0.462 e. The lowest BCUT2D eigenvalue weighted by Crippen LogP contribution is -2.34. The molecule has 6 rings (SSSR count). The zero-order chi connectivity index (χ0) is 32.1. The summed E-state index contributed by atoms with van der Waals surface area (Å²) in [5, 5.41) is 2.62. The van der Waals surface area contributed by atoms with Crippen molar-refractivity contribution in [2.24, 2.45) is 0 Å². The first kappa shape index (κ1) is 23.8. The van der Waals surface area contributed by atoms with Crippen LogP contribution in [0.1, 0.15) is 77.6 Å². The van der Waals surface area contributed by atoms with Crippen LogP contribution in [-0.2, 0) is 4.74 Å². The zero-order valence-electron chi connectivity index (χ0n) is 26.8. The van der Waals surface area contributed by atoms with Gasteiger partial charge in [-0.1, -0.05) is 18.1 Å². The summed E-state index contributed by atoms with van der Waals surface area (Å²) in [7, 11) is 0. The fourth-order valence-corrected chi connectivity index (χ4v) is 5.52. The molecule has 2 aromatic carbocycles. The molecule has 0 unspecified atom stereocenters. The largest absolute Gasteiger partial charge is 0.462 e. The molecular formula is C32H32N6O4. The van der Waals surface area contributed by atoms with Gasteiger partial charge in [-0.15, -0.1) is 5.92 Å². The fourth-order valence-electron chi connectivity index (χ4n) is 5.52. The van der Waals surface area contributed by atoms with Gasteiger partial charge in [-0.2, -0.15) is 0 Å². The first-order valence-corrected chi connectivity index (χ1v) is 13.7. The van der Waals surface area contributed by atoms with Crippen molar-refractivity contribution in [2.45, 2.75) is 51.8 Å². The highest BCUT2D eigenvalue weighted by Crippen LogP contribution is 2.48. The van der Waals surface area contributed by atoms with Gasteiger partial charge >= 0.3 is 12.1 Å². The standard InChI is InChI=1S/C32H32N6O4/c1-6-8-19-9-7-10-22-27(19)25-16-26(37(5)29(22)39)28-36-23-12-11-20(15-24(23)38(25)28)21-17-34-30(35-18-21)41-14-13-33-31(40)42-32(2,3)4/h7,9-12,15,17-18,25-26H,13-14,16H2,1-5H3,(H,33,40)/t25-,26-/m1/s1/i5D3. The van der Waals surface area contributed by atoms with Gasteiger partial charge in [-0.25, -0.2) is 19.7 Å². The van der Waals surface area contributed by atoms with Crippen molar-refractivity contribution in [3.63, 3.8) is 0 Å². The van der Waals surface area contributed by atoms with Crippen molar-refractivity contribution >= 4 is 23.0 Å². The lowest BCUT2D eigenvalue weighted by atomic mass is 9.93. The fraction of sp³-hybridized carbons (Fsp3) is 0.344. The third-order valence-electron chi connectivity index (χ3n) is 7.20. The van der Waals surface area contributed by atoms with E-state index in [9.17, 15) is 9.59 Å². The number of amides is 2. The number of hydrogen-bond acceptors (Lipinski definition) is 7. The van der Waals surface area contributed by atoms with Gasteiger partial charge in [0, 0.05) is 52.2 Å². The Bertz CT molecular complexity index is 1870. The van der Waals surface area contributed by atoms with E-state index in [0.717, 1.165) is 21.5 Å². The minimum absolute atomic E-state index is 0.163. The van der Waals surface area contributed by atoms with E-state index in [4.69, 9.17) is 18.6 Å². The van der Waals surface area contributed by atoms with Crippen LogP contribution < -0.4 is 10.1 Å². The number of aromatic nitrogens is 4. The summed E-state index contributed by atoms with van der Waals surface area (Å²) >= 11 is 0. The van der Waals surface area contributed by atoms with Crippen LogP contribution >= 0.6 is 0 Å². The van der Waals surface area contributed by atoms with Crippen molar-refractivity contribution in [1.82, 2.24) is 29.7 Å². The van der Waals surface area contributed by atoms with E-state index in [1.165, 1.54) is 0 Å². The van der Waals surface area contributed by atoms with Gasteiger partial charge in [0.1, 0.15) is 18.0 Å². The van der Waals surface area contributed by atoms with Crippen LogP contribution in [0.2, 0.25) is 0 Å². The van der Waals surface area contributed by atoms with Gasteiger partial charge in [0.05, 0.1) is 29.7 Å². The number of nitrogens with one attached hydrogen (secondary N) is 1. The molecule has 4 heterocycles. The molecular weight excluding hydrogens is 532 g/mol. The number of alkyl carbamates (subject to hydrolysis) is 1. The molecule has 0 radical (unpaired) electrons. The van der Waals surface area contributed by atoms with Gasteiger partial charge in [-0.05, 0) is 57.5 Å². The summed E-state index contributed by atoms with van der Waals surface area (Å²) in [6, 6.07) is 10.1. The third kappa shape index (κ3) is 4.91. The maximum atomic E-state index is 13.7. The Morgan fingerprint density at radius 1 is 1.17 bits per heavy atom. The zero-order valence-corrected chi connectivity index (χ0v) is 23.8. The number of benzene rings is 2. The van der Waals surface area contributed by atoms with Gasteiger partial charge in [0.25, 0.3) is 5.91 Å². The van der Waals surface area contributed by atoms with Crippen LogP contribution in [0.4, 0.5) is 4.79 Å². The topological polar surface area (TPSA) is 111 Å². The molecule has 0 fully saturated rings. The number of imidazole rings is 1. The number of fused-ring (bicyclic) bond motifs is 9. The number of rotatable bonds is 5. The highest BCUT2D eigenvalue weighted by atomic mass is 16.6. The number of carbonyl (C=O) groups is 2. The minimum atomic E-state index is -2.66. The summed E-state index contributed by atoms with van der Waals surface area (Å²) in [5.74, 6) is 6.03. The van der Waals surface area contributed by atoms with E-state index in [0.29, 0.717) is 34.5 Å². The lowest BCUT2D eigenvalue weighted by molar-refractivity contribution is 0.0519. The molecule has 2 aliphatic rings. The molecule has 0 saturated carbocycles. The molecule has 2 amide bonds. The van der Waals surface area contributed by atoms with Crippen LogP contribution in [0.25, 0.3) is 22.2 Å². The SMILES string of the molecule is [2H]C([2H])([2H])N1C(=O)c2cccc(C#CC)c2[C@H]2C[C@@H]1c1nc3ccc(-c4cnc(OCCNC(=O)OC(C)(C)C)nc4)cc3n12. The third-order valence-corrected chi connectivity index (χ3v) is 7.20. The van der Waals surface area contributed by atoms with Crippen LogP contribution in [0, 0.1) is 11.8 Å². The maximum Gasteiger partial charge on any atom is 0.407 e. The highest BCUT2D eigenvalue weighted by Gasteiger charge is 2.44. The predicted molar refractivity (Wildman–Crippen MR) is 157 cm³/mol. The van der Waals surface area contributed by atoms with Gasteiger partial charge < -0.3 is 24.3 Å². The van der Waals surface area contributed by atoms with Crippen molar-refractivity contribution in [3.8, 4) is 29.0 Å². The smallest absolute Gasteiger partial charge is 0.407 e. The second-order valence-corrected chi connectivity index (χ2v) is 11.2. The molecule has 0 spiro atoms. The molecule has 2 bridgehead atoms. The Balaban J connectivity index is 1.31. The Morgan fingerprint density at radius 2 is 1.98 bits per heavy atom. The van der Waals surface area contributed by atoms with E-state index in [-0.39, 0.29) is 25.2 Å². The summed E-state index contributed by atoms with van der Waals surface area (Å²) < 4.78 is 37.6. The van der Waals surface area contributed by atoms with E-state index in [1.807, 2.05) is 28.8 Å². The molecule has 2 atom stereocenters. The number of nitrogens with zero attached hydrogens (tertiary/aromatic N) is 5. The number of ether oxygens (including phenoxy) is 2. The molecule has 42 heavy (non-hydrogen) atoms. The molecule has 0 saturated heterocycles. The number of hydrogen-bond donors (Lipinski definition) is 1. The molecule has 0 aliphatic carbocycles. The molecule has 10 heteroatoms. The monoisotopic (exact) mass is 567 g/mol. The molecule has 4 aromatic rings. The van der Waals surface area contributed by atoms with E-state index < -0.39 is 30.6 Å². The Morgan fingerprint density at radius 3 is 2.71 bits per heavy atom.